The van der Waals surface area contributed by atoms with Crippen molar-refractivity contribution >= 4 is 29.6 Å². The number of carbonyl (C=O) groups excluding carboxylic acids is 5. The summed E-state index contributed by atoms with van der Waals surface area (Å²) in [5.74, 6) is 0.325. The highest BCUT2D eigenvalue weighted by molar-refractivity contribution is 6.01. The van der Waals surface area contributed by atoms with Crippen LogP contribution in [0.2, 0.25) is 0 Å². The molecule has 4 amide bonds. The second-order valence-corrected chi connectivity index (χ2v) is 6.96. The Morgan fingerprint density at radius 2 is 1.51 bits per heavy atom. The van der Waals surface area contributed by atoms with Gasteiger partial charge in [-0.1, -0.05) is 15.4 Å². The third kappa shape index (κ3) is 23.7. The van der Waals surface area contributed by atoms with Gasteiger partial charge in [-0.2, -0.15) is 0 Å². The van der Waals surface area contributed by atoms with Gasteiger partial charge in [-0.3, -0.25) is 23.9 Å². The van der Waals surface area contributed by atoms with Crippen LogP contribution in [0.5, 0.6) is 0 Å². The van der Waals surface area contributed by atoms with Crippen molar-refractivity contribution < 1.29 is 28.8 Å². The van der Waals surface area contributed by atoms with Crippen LogP contribution in [0.4, 0.5) is 0 Å². The molecule has 1 fully saturated rings. The van der Waals surface area contributed by atoms with Gasteiger partial charge in [-0.05, 0) is 32.0 Å². The summed E-state index contributed by atoms with van der Waals surface area (Å²) in [4.78, 5) is 63.6. The number of hydroxylamine groups is 2. The molecule has 2 rings (SSSR count). The van der Waals surface area contributed by atoms with E-state index >= 15 is 0 Å². The minimum absolute atomic E-state index is 0.0168. The van der Waals surface area contributed by atoms with Crippen LogP contribution in [0.3, 0.4) is 0 Å². The molecule has 41 heavy (non-hydrogen) atoms. The summed E-state index contributed by atoms with van der Waals surface area (Å²) in [6, 6.07) is 0. The van der Waals surface area contributed by atoms with E-state index in [0.717, 1.165) is 5.69 Å². The third-order valence-corrected chi connectivity index (χ3v) is 3.96. The molecule has 0 saturated carbocycles. The summed E-state index contributed by atoms with van der Waals surface area (Å²) in [6.07, 6.45) is 7.06. The standard InChI is InChI=1S/C7H8N4O4.C7H12N4O.C4H8N4O.C3H4.CH5N/c8-10-9-4-3-7(14)15-11-5(12)1-2-6(11)13;1-6-5-11(10-9-6)4-3-7(12)8-2;1-6-4(9)2-3-7-8-5;1-3-2;1-2/h1-4H2;5H,3-4H2,1-2H3,(H,8,12);2-3H2,1H3,(H,6,9);1H,2H3;2H2,1H3. The van der Waals surface area contributed by atoms with E-state index in [-0.39, 0.29) is 50.6 Å². The summed E-state index contributed by atoms with van der Waals surface area (Å²) in [5, 5.41) is 19.3. The van der Waals surface area contributed by atoms with Crippen LogP contribution in [0.15, 0.2) is 16.4 Å². The zero-order valence-corrected chi connectivity index (χ0v) is 23.8. The quantitative estimate of drug-likeness (QED) is 0.115. The van der Waals surface area contributed by atoms with Gasteiger partial charge < -0.3 is 21.2 Å². The maximum absolute atomic E-state index is 11.0. The van der Waals surface area contributed by atoms with Crippen molar-refractivity contribution in [3.8, 4) is 12.3 Å². The minimum Gasteiger partial charge on any atom is -0.359 e. The first kappa shape index (κ1) is 40.3. The average Bonchev–Trinajstić information content (AvgIpc) is 3.53. The molecule has 0 radical (unpaired) electrons. The average molecular weight is 580 g/mol. The van der Waals surface area contributed by atoms with Crippen LogP contribution in [0.1, 0.15) is 44.7 Å². The van der Waals surface area contributed by atoms with E-state index in [0.29, 0.717) is 18.0 Å². The van der Waals surface area contributed by atoms with E-state index < -0.39 is 17.8 Å². The Balaban J connectivity index is -0.000000501. The fourth-order valence-corrected chi connectivity index (χ4v) is 2.16. The Morgan fingerprint density at radius 1 is 1.05 bits per heavy atom. The Labute approximate surface area is 237 Å². The predicted octanol–water partition coefficient (Wildman–Crippen LogP) is 0.664. The van der Waals surface area contributed by atoms with Crippen molar-refractivity contribution in [2.45, 2.75) is 52.5 Å². The summed E-state index contributed by atoms with van der Waals surface area (Å²) in [6.45, 7) is 4.27. The lowest BCUT2D eigenvalue weighted by atomic mass is 10.4. The second-order valence-electron chi connectivity index (χ2n) is 6.96. The highest BCUT2D eigenvalue weighted by Crippen LogP contribution is 2.12. The normalized spacial score (nSPS) is 10.4. The Kier molecular flexibility index (Phi) is 27.4. The SMILES string of the molecule is C#CC.CN.CNC(=O)CCN=[N+]=[N-].CNC(=O)CCn1cc(C)nn1.[N-]=[N+]=NCCC(=O)ON1C(=O)CCC1=O. The number of carbonyl (C=O) groups is 5. The van der Waals surface area contributed by atoms with E-state index in [1.165, 1.54) is 7.05 Å². The second kappa shape index (κ2) is 27.9. The number of nitrogens with zero attached hydrogens (tertiary/aromatic N) is 10. The van der Waals surface area contributed by atoms with Gasteiger partial charge in [-0.25, -0.2) is 4.79 Å². The van der Waals surface area contributed by atoms with Gasteiger partial charge in [0.1, 0.15) is 0 Å². The molecule has 19 heteroatoms. The van der Waals surface area contributed by atoms with Crippen molar-refractivity contribution in [2.24, 2.45) is 16.0 Å². The number of aromatic nitrogens is 3. The summed E-state index contributed by atoms with van der Waals surface area (Å²) in [5.41, 5.74) is 21.1. The lowest BCUT2D eigenvalue weighted by Crippen LogP contribution is -2.32. The van der Waals surface area contributed by atoms with E-state index in [1.807, 2.05) is 13.1 Å². The molecule has 1 saturated heterocycles. The van der Waals surface area contributed by atoms with E-state index in [4.69, 9.17) is 11.1 Å². The van der Waals surface area contributed by atoms with Gasteiger partial charge in [-0.15, -0.1) is 22.5 Å². The highest BCUT2D eigenvalue weighted by Gasteiger charge is 2.32. The summed E-state index contributed by atoms with van der Waals surface area (Å²) >= 11 is 0. The highest BCUT2D eigenvalue weighted by atomic mass is 16.7. The molecule has 0 bridgehead atoms. The smallest absolute Gasteiger partial charge is 0.333 e. The number of azide groups is 2. The summed E-state index contributed by atoms with van der Waals surface area (Å²) in [7, 11) is 4.66. The van der Waals surface area contributed by atoms with Crippen LogP contribution in [0.25, 0.3) is 20.9 Å². The first-order valence-electron chi connectivity index (χ1n) is 11.9. The van der Waals surface area contributed by atoms with Crippen LogP contribution >= 0.6 is 0 Å². The number of aryl methyl sites for hydroxylation is 2. The van der Waals surface area contributed by atoms with Gasteiger partial charge in [0.25, 0.3) is 11.8 Å². The molecular weight excluding hydrogens is 542 g/mol. The van der Waals surface area contributed by atoms with Gasteiger partial charge in [0.15, 0.2) is 0 Å². The maximum Gasteiger partial charge on any atom is 0.333 e. The molecule has 19 nitrogen and oxygen atoms in total. The fourth-order valence-electron chi connectivity index (χ4n) is 2.16. The van der Waals surface area contributed by atoms with Crippen LogP contribution in [0, 0.1) is 19.3 Å². The van der Waals surface area contributed by atoms with Gasteiger partial charge in [0.2, 0.25) is 11.8 Å². The van der Waals surface area contributed by atoms with Gasteiger partial charge in [0, 0.05) is 68.9 Å². The van der Waals surface area contributed by atoms with Crippen molar-refractivity contribution in [2.75, 3.05) is 34.2 Å². The minimum atomic E-state index is -0.772. The molecule has 0 aliphatic carbocycles. The molecule has 1 aromatic heterocycles. The predicted molar refractivity (Wildman–Crippen MR) is 147 cm³/mol. The van der Waals surface area contributed by atoms with Crippen LogP contribution in [-0.4, -0.2) is 83.9 Å². The number of imide groups is 1. The molecule has 1 aliphatic rings. The van der Waals surface area contributed by atoms with Crippen molar-refractivity contribution in [3.05, 3.63) is 32.8 Å². The first-order chi connectivity index (χ1) is 19.6. The zero-order chi connectivity index (χ0) is 32.1. The van der Waals surface area contributed by atoms with Gasteiger partial charge >= 0.3 is 5.97 Å². The zero-order valence-electron chi connectivity index (χ0n) is 23.8. The Morgan fingerprint density at radius 3 is 1.93 bits per heavy atom. The molecule has 4 N–H and O–H groups in total. The molecular formula is C22H37N13O6. The van der Waals surface area contributed by atoms with Crippen molar-refractivity contribution in [1.29, 1.82) is 0 Å². The lowest BCUT2D eigenvalue weighted by Gasteiger charge is -2.11. The lowest BCUT2D eigenvalue weighted by molar-refractivity contribution is -0.197. The van der Waals surface area contributed by atoms with Crippen LogP contribution in [-0.2, 0) is 35.4 Å². The van der Waals surface area contributed by atoms with E-state index in [1.54, 1.807) is 25.7 Å². The molecule has 2 heterocycles. The molecule has 0 spiro atoms. The fraction of sp³-hybridized carbons (Fsp3) is 0.591. The Hall–Kier alpha value is -5.17. The first-order valence-corrected chi connectivity index (χ1v) is 11.9. The number of terminal acetylenes is 1. The van der Waals surface area contributed by atoms with Gasteiger partial charge in [0.05, 0.1) is 18.7 Å². The van der Waals surface area contributed by atoms with Crippen molar-refractivity contribution in [1.82, 2.24) is 30.7 Å². The number of nitrogens with two attached hydrogens (primary N) is 1. The van der Waals surface area contributed by atoms with Crippen LogP contribution < -0.4 is 16.4 Å². The Bertz CT molecular complexity index is 1070. The summed E-state index contributed by atoms with van der Waals surface area (Å²) < 4.78 is 1.66. The molecule has 0 unspecified atom stereocenters. The van der Waals surface area contributed by atoms with E-state index in [9.17, 15) is 24.0 Å². The number of nitrogens with one attached hydrogen (secondary N) is 2. The monoisotopic (exact) mass is 579 g/mol. The molecule has 0 atom stereocenters. The van der Waals surface area contributed by atoms with Crippen molar-refractivity contribution in [3.63, 3.8) is 0 Å². The molecule has 1 aliphatic heterocycles. The van der Waals surface area contributed by atoms with E-state index in [2.05, 4.69) is 63.9 Å². The topological polar surface area (TPSA) is 276 Å². The number of hydrogen-bond acceptors (Lipinski definition) is 11. The third-order valence-electron chi connectivity index (χ3n) is 3.96. The molecule has 226 valence electrons. The maximum atomic E-state index is 11.0. The molecule has 1 aromatic rings. The largest absolute Gasteiger partial charge is 0.359 e. The number of rotatable bonds is 10. The number of amides is 4. The number of hydrogen-bond donors (Lipinski definition) is 3. The molecule has 0 aromatic carbocycles.